The number of carbonyl (C=O) groups is 1. The molecular formula is C19H16N2O4. The molecule has 1 aliphatic heterocycles. The minimum absolute atomic E-state index is 0.178. The predicted molar refractivity (Wildman–Crippen MR) is 89.3 cm³/mol. The van der Waals surface area contributed by atoms with Gasteiger partial charge in [-0.25, -0.2) is 4.79 Å². The number of nitrogens with zero attached hydrogens (tertiary/aromatic N) is 2. The van der Waals surface area contributed by atoms with Crippen molar-refractivity contribution in [2.45, 2.75) is 19.4 Å². The van der Waals surface area contributed by atoms with E-state index in [0.717, 1.165) is 5.56 Å². The molecule has 6 nitrogen and oxygen atoms in total. The zero-order chi connectivity index (χ0) is 17.4. The van der Waals surface area contributed by atoms with Crippen LogP contribution in [0.2, 0.25) is 0 Å². The average molecular weight is 336 g/mol. The van der Waals surface area contributed by atoms with Crippen LogP contribution in [0.4, 0.5) is 0 Å². The summed E-state index contributed by atoms with van der Waals surface area (Å²) in [6.45, 7) is 2.03. The molecule has 0 aliphatic carbocycles. The van der Waals surface area contributed by atoms with E-state index in [1.54, 1.807) is 12.1 Å². The first-order chi connectivity index (χ1) is 12.2. The summed E-state index contributed by atoms with van der Waals surface area (Å²) in [6.07, 6.45) is 1.59. The maximum absolute atomic E-state index is 12.5. The maximum atomic E-state index is 12.5. The van der Waals surface area contributed by atoms with E-state index < -0.39 is 12.1 Å². The van der Waals surface area contributed by atoms with Crippen LogP contribution in [0.1, 0.15) is 33.3 Å². The van der Waals surface area contributed by atoms with Gasteiger partial charge < -0.3 is 13.9 Å². The van der Waals surface area contributed by atoms with Gasteiger partial charge in [0.25, 0.3) is 0 Å². The first kappa shape index (κ1) is 15.4. The number of furan rings is 1. The van der Waals surface area contributed by atoms with E-state index >= 15 is 0 Å². The molecule has 0 saturated carbocycles. The lowest BCUT2D eigenvalue weighted by molar-refractivity contribution is 0.0382. The SMILES string of the molecule is COc1nc(-c2ccco2)c2c(n1)C(Cc1ccc(C)cc1)OC2=O. The summed E-state index contributed by atoms with van der Waals surface area (Å²) < 4.78 is 16.2. The molecule has 2 aromatic heterocycles. The summed E-state index contributed by atoms with van der Waals surface area (Å²) in [5.41, 5.74) is 3.50. The van der Waals surface area contributed by atoms with Crippen molar-refractivity contribution in [3.63, 3.8) is 0 Å². The van der Waals surface area contributed by atoms with Gasteiger partial charge >= 0.3 is 12.0 Å². The van der Waals surface area contributed by atoms with Crippen LogP contribution in [-0.2, 0) is 11.2 Å². The molecule has 126 valence electrons. The third kappa shape index (κ3) is 2.76. The average Bonchev–Trinajstić information content (AvgIpc) is 3.25. The van der Waals surface area contributed by atoms with E-state index in [-0.39, 0.29) is 6.01 Å². The highest BCUT2D eigenvalue weighted by molar-refractivity contribution is 5.99. The molecule has 0 spiro atoms. The number of aromatic nitrogens is 2. The van der Waals surface area contributed by atoms with Gasteiger partial charge in [-0.3, -0.25) is 0 Å². The topological polar surface area (TPSA) is 74.5 Å². The van der Waals surface area contributed by atoms with Gasteiger partial charge in [0.2, 0.25) is 0 Å². The van der Waals surface area contributed by atoms with Crippen LogP contribution in [0.15, 0.2) is 47.1 Å². The Kier molecular flexibility index (Phi) is 3.72. The largest absolute Gasteiger partial charge is 0.467 e. The van der Waals surface area contributed by atoms with Crippen molar-refractivity contribution in [3.8, 4) is 17.5 Å². The first-order valence-electron chi connectivity index (χ1n) is 7.92. The summed E-state index contributed by atoms with van der Waals surface area (Å²) >= 11 is 0. The Morgan fingerprint density at radius 1 is 1.16 bits per heavy atom. The molecule has 0 saturated heterocycles. The van der Waals surface area contributed by atoms with E-state index in [0.29, 0.717) is 29.1 Å². The Bertz CT molecular complexity index is 917. The van der Waals surface area contributed by atoms with Crippen molar-refractivity contribution < 1.29 is 18.7 Å². The maximum Gasteiger partial charge on any atom is 0.343 e. The molecule has 0 amide bonds. The number of aryl methyl sites for hydroxylation is 1. The first-order valence-corrected chi connectivity index (χ1v) is 7.92. The van der Waals surface area contributed by atoms with Crippen molar-refractivity contribution >= 4 is 5.97 Å². The van der Waals surface area contributed by atoms with Crippen molar-refractivity contribution in [3.05, 3.63) is 65.0 Å². The van der Waals surface area contributed by atoms with Crippen LogP contribution in [0, 0.1) is 6.92 Å². The summed E-state index contributed by atoms with van der Waals surface area (Å²) in [7, 11) is 1.49. The lowest BCUT2D eigenvalue weighted by Crippen LogP contribution is -2.06. The standard InChI is InChI=1S/C19H16N2O4/c1-11-5-7-12(8-6-11)10-14-17-15(18(22)25-14)16(13-4-3-9-24-13)20-19(21-17)23-2/h3-9,14H,10H2,1-2H3. The van der Waals surface area contributed by atoms with Gasteiger partial charge in [0.15, 0.2) is 5.76 Å². The molecule has 1 aliphatic rings. The minimum Gasteiger partial charge on any atom is -0.467 e. The Hall–Kier alpha value is -3.15. The zero-order valence-electron chi connectivity index (χ0n) is 13.9. The van der Waals surface area contributed by atoms with Crippen LogP contribution in [0.25, 0.3) is 11.5 Å². The number of rotatable bonds is 4. The van der Waals surface area contributed by atoms with E-state index in [1.807, 2.05) is 31.2 Å². The molecular weight excluding hydrogens is 320 g/mol. The molecule has 4 rings (SSSR count). The van der Waals surface area contributed by atoms with Gasteiger partial charge in [-0.2, -0.15) is 9.97 Å². The molecule has 0 fully saturated rings. The van der Waals surface area contributed by atoms with Crippen molar-refractivity contribution in [2.75, 3.05) is 7.11 Å². The van der Waals surface area contributed by atoms with Crippen LogP contribution in [0.3, 0.4) is 0 Å². The highest BCUT2D eigenvalue weighted by Crippen LogP contribution is 2.38. The molecule has 1 aromatic carbocycles. The van der Waals surface area contributed by atoms with Crippen molar-refractivity contribution in [2.24, 2.45) is 0 Å². The van der Waals surface area contributed by atoms with Gasteiger partial charge in [0.05, 0.1) is 13.4 Å². The van der Waals surface area contributed by atoms with Gasteiger partial charge in [-0.1, -0.05) is 29.8 Å². The van der Waals surface area contributed by atoms with E-state index in [4.69, 9.17) is 13.9 Å². The highest BCUT2D eigenvalue weighted by atomic mass is 16.6. The van der Waals surface area contributed by atoms with Gasteiger partial charge in [-0.05, 0) is 24.6 Å². The second-order valence-electron chi connectivity index (χ2n) is 5.88. The van der Waals surface area contributed by atoms with Crippen molar-refractivity contribution in [1.82, 2.24) is 9.97 Å². The summed E-state index contributed by atoms with van der Waals surface area (Å²) in [4.78, 5) is 21.1. The monoisotopic (exact) mass is 336 g/mol. The fraction of sp³-hybridized carbons (Fsp3) is 0.211. The van der Waals surface area contributed by atoms with Gasteiger partial charge in [0.1, 0.15) is 23.1 Å². The lowest BCUT2D eigenvalue weighted by Gasteiger charge is -2.11. The van der Waals surface area contributed by atoms with Crippen LogP contribution >= 0.6 is 0 Å². The molecule has 6 heteroatoms. The molecule has 25 heavy (non-hydrogen) atoms. The van der Waals surface area contributed by atoms with E-state index in [2.05, 4.69) is 9.97 Å². The Morgan fingerprint density at radius 2 is 1.96 bits per heavy atom. The molecule has 0 N–H and O–H groups in total. The molecule has 0 radical (unpaired) electrons. The summed E-state index contributed by atoms with van der Waals surface area (Å²) in [6, 6.07) is 11.8. The van der Waals surface area contributed by atoms with Crippen LogP contribution in [-0.4, -0.2) is 23.0 Å². The van der Waals surface area contributed by atoms with Crippen LogP contribution in [0.5, 0.6) is 6.01 Å². The van der Waals surface area contributed by atoms with E-state index in [1.165, 1.54) is 18.9 Å². The Morgan fingerprint density at radius 3 is 2.64 bits per heavy atom. The Labute approximate surface area is 144 Å². The number of cyclic esters (lactones) is 1. The third-order valence-corrected chi connectivity index (χ3v) is 4.15. The quantitative estimate of drug-likeness (QED) is 0.679. The number of fused-ring (bicyclic) bond motifs is 1. The Balaban J connectivity index is 1.78. The number of benzene rings is 1. The third-order valence-electron chi connectivity index (χ3n) is 4.15. The molecule has 1 atom stereocenters. The van der Waals surface area contributed by atoms with E-state index in [9.17, 15) is 4.79 Å². The van der Waals surface area contributed by atoms with Crippen LogP contribution < -0.4 is 4.74 Å². The number of esters is 1. The number of hydrogen-bond donors (Lipinski definition) is 0. The second-order valence-corrected chi connectivity index (χ2v) is 5.88. The molecule has 0 bridgehead atoms. The second kappa shape index (κ2) is 6.05. The number of carbonyl (C=O) groups excluding carboxylic acids is 1. The predicted octanol–water partition coefficient (Wildman–Crippen LogP) is 3.51. The molecule has 3 heterocycles. The minimum atomic E-state index is -0.476. The van der Waals surface area contributed by atoms with Gasteiger partial charge in [0, 0.05) is 6.42 Å². The normalized spacial score (nSPS) is 15.8. The molecule has 1 unspecified atom stereocenters. The molecule has 3 aromatic rings. The fourth-order valence-corrected chi connectivity index (χ4v) is 2.89. The number of hydrogen-bond acceptors (Lipinski definition) is 6. The summed E-state index contributed by atoms with van der Waals surface area (Å²) in [5, 5.41) is 0. The number of methoxy groups -OCH3 is 1. The van der Waals surface area contributed by atoms with Crippen molar-refractivity contribution in [1.29, 1.82) is 0 Å². The van der Waals surface area contributed by atoms with Gasteiger partial charge in [-0.15, -0.1) is 0 Å². The lowest BCUT2D eigenvalue weighted by atomic mass is 10.0. The highest BCUT2D eigenvalue weighted by Gasteiger charge is 2.37. The number of ether oxygens (including phenoxy) is 2. The summed E-state index contributed by atoms with van der Waals surface area (Å²) in [5.74, 6) is 0.0334. The zero-order valence-corrected chi connectivity index (χ0v) is 13.9. The fourth-order valence-electron chi connectivity index (χ4n) is 2.89. The smallest absolute Gasteiger partial charge is 0.343 e.